The second-order valence-corrected chi connectivity index (χ2v) is 6.55. The smallest absolute Gasteiger partial charge is 0.238 e. The number of fused-ring (bicyclic) bond motifs is 1. The third-order valence-corrected chi connectivity index (χ3v) is 4.74. The molecule has 1 heterocycles. The first-order valence-electron chi connectivity index (χ1n) is 7.90. The molecule has 0 saturated carbocycles. The van der Waals surface area contributed by atoms with E-state index in [0.717, 1.165) is 27.2 Å². The van der Waals surface area contributed by atoms with Crippen LogP contribution in [-0.4, -0.2) is 23.2 Å². The summed E-state index contributed by atoms with van der Waals surface area (Å²) in [6.07, 6.45) is 0. The molecule has 0 aliphatic rings. The van der Waals surface area contributed by atoms with Crippen molar-refractivity contribution in [2.75, 3.05) is 17.2 Å². The van der Waals surface area contributed by atoms with E-state index in [1.54, 1.807) is 0 Å². The highest BCUT2D eigenvalue weighted by Gasteiger charge is 2.16. The molecule has 25 heavy (non-hydrogen) atoms. The number of nitriles is 1. The molecule has 1 aromatic heterocycles. The standard InChI is InChI=1S/C20H17N3OS/c1-15-13-19(22-18-10-6-5-9-17(15)18)25-14-20(24)23(12-11-21)16-7-3-2-4-8-16/h2-10,13H,12,14H2,1H3. The molecule has 1 amide bonds. The number of para-hydroxylation sites is 2. The highest BCUT2D eigenvalue weighted by atomic mass is 32.2. The van der Waals surface area contributed by atoms with Crippen LogP contribution in [0.4, 0.5) is 5.69 Å². The molecule has 5 heteroatoms. The largest absolute Gasteiger partial charge is 0.298 e. The molecule has 0 spiro atoms. The molecule has 0 saturated heterocycles. The molecular weight excluding hydrogens is 330 g/mol. The van der Waals surface area contributed by atoms with Gasteiger partial charge < -0.3 is 0 Å². The molecule has 0 radical (unpaired) electrons. The van der Waals surface area contributed by atoms with Crippen LogP contribution in [0.25, 0.3) is 10.9 Å². The Morgan fingerprint density at radius 2 is 1.88 bits per heavy atom. The van der Waals surface area contributed by atoms with Gasteiger partial charge in [0.1, 0.15) is 6.54 Å². The molecule has 0 aliphatic carbocycles. The summed E-state index contributed by atoms with van der Waals surface area (Å²) in [7, 11) is 0. The maximum absolute atomic E-state index is 12.6. The lowest BCUT2D eigenvalue weighted by Crippen LogP contribution is -2.32. The zero-order valence-corrected chi connectivity index (χ0v) is 14.7. The second kappa shape index (κ2) is 7.82. The molecule has 3 aromatic rings. The van der Waals surface area contributed by atoms with Gasteiger partial charge in [0.15, 0.2) is 0 Å². The lowest BCUT2D eigenvalue weighted by atomic mass is 10.1. The van der Waals surface area contributed by atoms with Gasteiger partial charge in [-0.25, -0.2) is 4.98 Å². The lowest BCUT2D eigenvalue weighted by molar-refractivity contribution is -0.116. The number of hydrogen-bond acceptors (Lipinski definition) is 4. The molecule has 0 unspecified atom stereocenters. The minimum absolute atomic E-state index is 0.0353. The average Bonchev–Trinajstić information content (AvgIpc) is 2.65. The first-order valence-corrected chi connectivity index (χ1v) is 8.89. The summed E-state index contributed by atoms with van der Waals surface area (Å²) < 4.78 is 0. The van der Waals surface area contributed by atoms with Crippen molar-refractivity contribution in [3.8, 4) is 6.07 Å². The van der Waals surface area contributed by atoms with Crippen molar-refractivity contribution in [1.82, 2.24) is 4.98 Å². The number of benzene rings is 2. The van der Waals surface area contributed by atoms with E-state index in [4.69, 9.17) is 5.26 Å². The number of aryl methyl sites for hydroxylation is 1. The molecule has 0 atom stereocenters. The van der Waals surface area contributed by atoms with Crippen molar-refractivity contribution in [3.63, 3.8) is 0 Å². The number of hydrogen-bond donors (Lipinski definition) is 0. The van der Waals surface area contributed by atoms with E-state index in [-0.39, 0.29) is 18.2 Å². The zero-order valence-electron chi connectivity index (χ0n) is 13.8. The van der Waals surface area contributed by atoms with Crippen molar-refractivity contribution in [2.45, 2.75) is 11.9 Å². The quantitative estimate of drug-likeness (QED) is 0.513. The summed E-state index contributed by atoms with van der Waals surface area (Å²) in [6, 6.07) is 21.3. The van der Waals surface area contributed by atoms with Gasteiger partial charge in [-0.1, -0.05) is 48.2 Å². The van der Waals surface area contributed by atoms with Crippen molar-refractivity contribution < 1.29 is 4.79 Å². The van der Waals surface area contributed by atoms with E-state index in [2.05, 4.69) is 11.1 Å². The van der Waals surface area contributed by atoms with Crippen LogP contribution in [-0.2, 0) is 4.79 Å². The molecule has 124 valence electrons. The number of nitrogens with zero attached hydrogens (tertiary/aromatic N) is 3. The Bertz CT molecular complexity index is 935. The van der Waals surface area contributed by atoms with Crippen LogP contribution in [0.2, 0.25) is 0 Å². The van der Waals surface area contributed by atoms with Crippen LogP contribution in [0, 0.1) is 18.3 Å². The minimum Gasteiger partial charge on any atom is -0.298 e. The average molecular weight is 347 g/mol. The van der Waals surface area contributed by atoms with E-state index in [0.29, 0.717) is 0 Å². The van der Waals surface area contributed by atoms with Crippen molar-refractivity contribution in [2.24, 2.45) is 0 Å². The molecule has 3 rings (SSSR count). The van der Waals surface area contributed by atoms with Crippen LogP contribution < -0.4 is 4.90 Å². The Labute approximate surface area is 151 Å². The van der Waals surface area contributed by atoms with Gasteiger partial charge in [0.05, 0.1) is 22.4 Å². The Balaban J connectivity index is 1.76. The van der Waals surface area contributed by atoms with Gasteiger partial charge in [-0.3, -0.25) is 9.69 Å². The van der Waals surface area contributed by atoms with Gasteiger partial charge in [0, 0.05) is 11.1 Å². The third-order valence-electron chi connectivity index (χ3n) is 3.84. The number of anilines is 1. The number of aromatic nitrogens is 1. The van der Waals surface area contributed by atoms with E-state index < -0.39 is 0 Å². The van der Waals surface area contributed by atoms with Crippen LogP contribution in [0.5, 0.6) is 0 Å². The molecular formula is C20H17N3OS. The zero-order chi connectivity index (χ0) is 17.6. The Hall–Kier alpha value is -2.84. The van der Waals surface area contributed by atoms with E-state index in [9.17, 15) is 4.79 Å². The van der Waals surface area contributed by atoms with Crippen molar-refractivity contribution in [1.29, 1.82) is 5.26 Å². The monoisotopic (exact) mass is 347 g/mol. The van der Waals surface area contributed by atoms with E-state index in [1.165, 1.54) is 16.7 Å². The highest BCUT2D eigenvalue weighted by molar-refractivity contribution is 7.99. The summed E-state index contributed by atoms with van der Waals surface area (Å²) in [5, 5.41) is 11.0. The highest BCUT2D eigenvalue weighted by Crippen LogP contribution is 2.24. The summed E-state index contributed by atoms with van der Waals surface area (Å²) in [5.41, 5.74) is 2.80. The van der Waals surface area contributed by atoms with Gasteiger partial charge in [-0.05, 0) is 36.8 Å². The van der Waals surface area contributed by atoms with Crippen molar-refractivity contribution >= 4 is 34.3 Å². The maximum Gasteiger partial charge on any atom is 0.238 e. The Kier molecular flexibility index (Phi) is 5.32. The van der Waals surface area contributed by atoms with Gasteiger partial charge in [-0.15, -0.1) is 0 Å². The van der Waals surface area contributed by atoms with E-state index >= 15 is 0 Å². The minimum atomic E-state index is -0.106. The van der Waals surface area contributed by atoms with Crippen LogP contribution in [0.1, 0.15) is 5.56 Å². The van der Waals surface area contributed by atoms with Crippen LogP contribution in [0.15, 0.2) is 65.7 Å². The SMILES string of the molecule is Cc1cc(SCC(=O)N(CC#N)c2ccccc2)nc2ccccc12. The molecule has 0 aliphatic heterocycles. The number of thioether (sulfide) groups is 1. The number of rotatable bonds is 5. The van der Waals surface area contributed by atoms with Gasteiger partial charge >= 0.3 is 0 Å². The fourth-order valence-electron chi connectivity index (χ4n) is 2.61. The van der Waals surface area contributed by atoms with Gasteiger partial charge in [-0.2, -0.15) is 5.26 Å². The molecule has 0 bridgehead atoms. The third kappa shape index (κ3) is 3.98. The van der Waals surface area contributed by atoms with Crippen LogP contribution >= 0.6 is 11.8 Å². The predicted molar refractivity (Wildman–Crippen MR) is 102 cm³/mol. The predicted octanol–water partition coefficient (Wildman–Crippen LogP) is 4.19. The fourth-order valence-corrected chi connectivity index (χ4v) is 3.46. The molecule has 0 N–H and O–H groups in total. The molecule has 2 aromatic carbocycles. The van der Waals surface area contributed by atoms with Gasteiger partial charge in [0.25, 0.3) is 0 Å². The topological polar surface area (TPSA) is 57.0 Å². The second-order valence-electron chi connectivity index (χ2n) is 5.56. The summed E-state index contributed by atoms with van der Waals surface area (Å²) in [6.45, 7) is 2.08. The number of carbonyl (C=O) groups is 1. The normalized spacial score (nSPS) is 10.4. The Morgan fingerprint density at radius 3 is 2.64 bits per heavy atom. The summed E-state index contributed by atoms with van der Waals surface area (Å²) in [5.74, 6) is 0.131. The molecule has 0 fully saturated rings. The number of carbonyl (C=O) groups excluding carboxylic acids is 1. The van der Waals surface area contributed by atoms with E-state index in [1.807, 2.05) is 67.6 Å². The summed E-state index contributed by atoms with van der Waals surface area (Å²) >= 11 is 1.39. The first-order chi connectivity index (χ1) is 12.2. The number of pyridine rings is 1. The molecule has 4 nitrogen and oxygen atoms in total. The maximum atomic E-state index is 12.6. The fraction of sp³-hybridized carbons (Fsp3) is 0.150. The number of amides is 1. The van der Waals surface area contributed by atoms with Crippen LogP contribution in [0.3, 0.4) is 0 Å². The lowest BCUT2D eigenvalue weighted by Gasteiger charge is -2.19. The van der Waals surface area contributed by atoms with Crippen molar-refractivity contribution in [3.05, 3.63) is 66.2 Å². The Morgan fingerprint density at radius 1 is 1.16 bits per heavy atom. The first kappa shape index (κ1) is 17.0. The summed E-state index contributed by atoms with van der Waals surface area (Å²) in [4.78, 5) is 18.7. The van der Waals surface area contributed by atoms with Gasteiger partial charge in [0.2, 0.25) is 5.91 Å².